The second-order valence-corrected chi connectivity index (χ2v) is 20.3. The first-order valence-corrected chi connectivity index (χ1v) is 24.3. The number of nitrogens with one attached hydrogen (secondary N) is 2. The number of benzene rings is 1. The van der Waals surface area contributed by atoms with Crippen molar-refractivity contribution in [2.45, 2.75) is 124 Å². The summed E-state index contributed by atoms with van der Waals surface area (Å²) in [4.78, 5) is 84.7. The molecule has 5 amide bonds. The first kappa shape index (κ1) is 49.3. The number of urea groups is 1. The van der Waals surface area contributed by atoms with Crippen LogP contribution in [0, 0.1) is 11.3 Å². The molecule has 4 aromatic rings. The Balaban J connectivity index is 1.26. The molecule has 0 aliphatic carbocycles. The van der Waals surface area contributed by atoms with Crippen LogP contribution in [0.2, 0.25) is 0 Å². The molecule has 2 fully saturated rings. The number of fused-ring (bicyclic) bond motifs is 6. The van der Waals surface area contributed by atoms with E-state index in [-0.39, 0.29) is 49.1 Å². The van der Waals surface area contributed by atoms with Crippen LogP contribution in [0.25, 0.3) is 33.4 Å². The molecular weight excluding hydrogens is 871 g/mol. The number of hydrogen-bond acceptors (Lipinski definition) is 11. The van der Waals surface area contributed by atoms with Gasteiger partial charge in [-0.1, -0.05) is 40.3 Å². The highest BCUT2D eigenvalue weighted by Crippen LogP contribution is 2.42. The molecule has 3 aromatic heterocycles. The molecule has 3 aliphatic heterocycles. The average Bonchev–Trinajstić information content (AvgIpc) is 3.90. The maximum atomic E-state index is 14.7. The van der Waals surface area contributed by atoms with E-state index in [1.54, 1.807) is 30.2 Å². The number of amides is 5. The second kappa shape index (κ2) is 20.3. The number of hydrazine groups is 1. The molecule has 360 valence electrons. The molecule has 6 heterocycles. The fourth-order valence-corrected chi connectivity index (χ4v) is 10.9. The molecule has 17 heteroatoms. The van der Waals surface area contributed by atoms with Crippen molar-refractivity contribution in [1.29, 1.82) is 0 Å². The van der Waals surface area contributed by atoms with Crippen molar-refractivity contribution < 1.29 is 33.4 Å². The molecule has 0 radical (unpaired) electrons. The van der Waals surface area contributed by atoms with Gasteiger partial charge in [0.15, 0.2) is 0 Å². The van der Waals surface area contributed by atoms with Crippen LogP contribution in [0.1, 0.15) is 90.6 Å². The van der Waals surface area contributed by atoms with Gasteiger partial charge < -0.3 is 34.1 Å². The smallest absolute Gasteiger partial charge is 0.324 e. The molecule has 2 saturated heterocycles. The van der Waals surface area contributed by atoms with E-state index in [1.165, 1.54) is 27.3 Å². The standard InChI is InChI=1S/C50H67N9O7S/c1-12-42(60)56-25-30(5)59(31(6)26-56)49(64)55(10)44(29(3)4)46(61)53-38-23-41-52-39(27-67-41)33-18-19-40-35(22-33)36(45(57(40)13-2)34-16-14-20-51-43(34)32(7)65-11)24-50(8,9)28-66-48(63)37-17-15-21-58(54-37)47(38)62/h12,14,16,18-20,22,27,29-32,37-38,44,54H,1,13,15,17,21,23-26,28H2,2-11H3,(H,53,61)/t30-,31+,32-,37-,38-,44-/m0/s1. The van der Waals surface area contributed by atoms with Gasteiger partial charge in [0.05, 0.1) is 34.8 Å². The molecule has 67 heavy (non-hydrogen) atoms. The summed E-state index contributed by atoms with van der Waals surface area (Å²) in [5.74, 6) is -1.92. The number of piperazine rings is 1. The second-order valence-electron chi connectivity index (χ2n) is 19.4. The quantitative estimate of drug-likeness (QED) is 0.142. The van der Waals surface area contributed by atoms with Gasteiger partial charge in [-0.25, -0.2) is 15.2 Å². The van der Waals surface area contributed by atoms with E-state index >= 15 is 0 Å². The van der Waals surface area contributed by atoms with Gasteiger partial charge in [-0.15, -0.1) is 11.3 Å². The Morgan fingerprint density at radius 1 is 1.13 bits per heavy atom. The van der Waals surface area contributed by atoms with E-state index in [4.69, 9.17) is 19.4 Å². The van der Waals surface area contributed by atoms with Crippen molar-refractivity contribution in [3.63, 3.8) is 0 Å². The maximum Gasteiger partial charge on any atom is 0.324 e. The zero-order chi connectivity index (χ0) is 48.5. The number of esters is 1. The molecule has 16 nitrogen and oxygen atoms in total. The predicted molar refractivity (Wildman–Crippen MR) is 259 cm³/mol. The number of ether oxygens (including phenoxy) is 2. The van der Waals surface area contributed by atoms with E-state index in [0.29, 0.717) is 50.4 Å². The van der Waals surface area contributed by atoms with Crippen LogP contribution in [0.3, 0.4) is 0 Å². The van der Waals surface area contributed by atoms with Crippen LogP contribution in [0.5, 0.6) is 0 Å². The van der Waals surface area contributed by atoms with E-state index in [0.717, 1.165) is 44.7 Å². The molecule has 6 atom stereocenters. The van der Waals surface area contributed by atoms with Gasteiger partial charge in [-0.05, 0) is 88.8 Å². The Labute approximate surface area is 398 Å². The number of carbonyl (C=O) groups excluding carboxylic acids is 5. The van der Waals surface area contributed by atoms with Gasteiger partial charge in [-0.3, -0.25) is 29.2 Å². The van der Waals surface area contributed by atoms with Gasteiger partial charge in [0, 0.05) is 97.9 Å². The monoisotopic (exact) mass is 937 g/mol. The van der Waals surface area contributed by atoms with Crippen molar-refractivity contribution in [3.8, 4) is 22.5 Å². The summed E-state index contributed by atoms with van der Waals surface area (Å²) >= 11 is 1.40. The fraction of sp³-hybridized carbons (Fsp3) is 0.540. The van der Waals surface area contributed by atoms with Crippen LogP contribution >= 0.6 is 11.3 Å². The fourth-order valence-electron chi connectivity index (χ4n) is 10.1. The molecule has 0 unspecified atom stereocenters. The zero-order valence-electron chi connectivity index (χ0n) is 40.6. The maximum absolute atomic E-state index is 14.7. The summed E-state index contributed by atoms with van der Waals surface area (Å²) in [6.45, 7) is 21.2. The average molecular weight is 938 g/mol. The largest absolute Gasteiger partial charge is 0.464 e. The summed E-state index contributed by atoms with van der Waals surface area (Å²) in [5.41, 5.74) is 9.24. The van der Waals surface area contributed by atoms with Gasteiger partial charge in [-0.2, -0.15) is 0 Å². The minimum atomic E-state index is -1.10. The first-order chi connectivity index (χ1) is 31.9. The van der Waals surface area contributed by atoms with Crippen molar-refractivity contribution >= 4 is 52.0 Å². The number of rotatable bonds is 9. The summed E-state index contributed by atoms with van der Waals surface area (Å²) in [6, 6.07) is 6.57. The summed E-state index contributed by atoms with van der Waals surface area (Å²) in [7, 11) is 3.29. The summed E-state index contributed by atoms with van der Waals surface area (Å²) in [5, 5.41) is 8.11. The number of methoxy groups -OCH3 is 1. The Bertz CT molecular complexity index is 2500. The van der Waals surface area contributed by atoms with Crippen molar-refractivity contribution in [1.82, 2.24) is 45.0 Å². The molecule has 0 spiro atoms. The molecule has 1 aromatic carbocycles. The minimum Gasteiger partial charge on any atom is -0.464 e. The molecular formula is C50H67N9O7S. The highest BCUT2D eigenvalue weighted by molar-refractivity contribution is 7.10. The van der Waals surface area contributed by atoms with E-state index in [9.17, 15) is 24.0 Å². The molecule has 3 aliphatic rings. The third kappa shape index (κ3) is 10.1. The predicted octanol–water partition coefficient (Wildman–Crippen LogP) is 6.39. The van der Waals surface area contributed by atoms with E-state index in [2.05, 4.69) is 66.9 Å². The van der Waals surface area contributed by atoms with Crippen molar-refractivity contribution in [3.05, 3.63) is 70.8 Å². The van der Waals surface area contributed by atoms with Gasteiger partial charge in [0.2, 0.25) is 11.8 Å². The van der Waals surface area contributed by atoms with Crippen LogP contribution < -0.4 is 10.7 Å². The Kier molecular flexibility index (Phi) is 14.9. The lowest BCUT2D eigenvalue weighted by Gasteiger charge is -2.46. The summed E-state index contributed by atoms with van der Waals surface area (Å²) < 4.78 is 14.2. The Morgan fingerprint density at radius 2 is 1.87 bits per heavy atom. The van der Waals surface area contributed by atoms with Crippen molar-refractivity contribution in [2.75, 3.05) is 40.4 Å². The van der Waals surface area contributed by atoms with Gasteiger partial charge in [0.1, 0.15) is 18.1 Å². The highest BCUT2D eigenvalue weighted by Gasteiger charge is 2.42. The Hall–Kier alpha value is -5.65. The molecule has 0 saturated carbocycles. The first-order valence-electron chi connectivity index (χ1n) is 23.5. The summed E-state index contributed by atoms with van der Waals surface area (Å²) in [6.07, 6.45) is 4.44. The molecule has 7 rings (SSSR count). The number of likely N-dealkylation sites (N-methyl/N-ethyl adjacent to an activating group) is 1. The van der Waals surface area contributed by atoms with Crippen LogP contribution in [-0.4, -0.2) is 135 Å². The van der Waals surface area contributed by atoms with E-state index in [1.807, 2.05) is 46.1 Å². The SMILES string of the molecule is C=CC(=O)N1C[C@@H](C)N(C(=O)N(C)[C@H](C(=O)N[C@H]2Cc3nc(cs3)-c3ccc4c(c3)c(c(-c3cccnc3[C@H](C)OC)n4CC)CC(C)(C)COC(=O)[C@@H]3CCCN(N3)C2=O)C(C)C)[C@@H](C)C1. The minimum absolute atomic E-state index is 0.0673. The number of cyclic esters (lactones) is 1. The lowest BCUT2D eigenvalue weighted by atomic mass is 9.84. The number of thiazole rings is 1. The van der Waals surface area contributed by atoms with Crippen LogP contribution in [0.15, 0.2) is 54.6 Å². The highest BCUT2D eigenvalue weighted by atomic mass is 32.1. The Morgan fingerprint density at radius 3 is 2.54 bits per heavy atom. The van der Waals surface area contributed by atoms with Gasteiger partial charge in [0.25, 0.3) is 5.91 Å². The van der Waals surface area contributed by atoms with Crippen molar-refractivity contribution in [2.24, 2.45) is 11.3 Å². The lowest BCUT2D eigenvalue weighted by molar-refractivity contribution is -0.155. The number of aromatic nitrogens is 3. The van der Waals surface area contributed by atoms with Gasteiger partial charge >= 0.3 is 12.0 Å². The normalized spacial score (nSPS) is 22.2. The number of hydrogen-bond donors (Lipinski definition) is 2. The molecule has 6 bridgehead atoms. The topological polar surface area (TPSA) is 172 Å². The third-order valence-corrected chi connectivity index (χ3v) is 14.3. The zero-order valence-corrected chi connectivity index (χ0v) is 41.4. The van der Waals surface area contributed by atoms with Crippen LogP contribution in [0.4, 0.5) is 4.79 Å². The number of pyridine rings is 1. The number of carbonyl (C=O) groups is 5. The lowest BCUT2D eigenvalue weighted by Crippen LogP contribution is -2.65. The third-order valence-electron chi connectivity index (χ3n) is 13.4. The molecule has 2 N–H and O–H groups in total. The van der Waals surface area contributed by atoms with E-state index < -0.39 is 41.3 Å². The number of nitrogens with zero attached hydrogens (tertiary/aromatic N) is 7. The van der Waals surface area contributed by atoms with Crippen LogP contribution in [-0.2, 0) is 48.0 Å². The number of aryl methyl sites for hydroxylation is 1.